The van der Waals surface area contributed by atoms with Gasteiger partial charge in [0.15, 0.2) is 0 Å². The molecular formula is C7H14O. The van der Waals surface area contributed by atoms with E-state index in [0.717, 1.165) is 25.0 Å². The van der Waals surface area contributed by atoms with Crippen LogP contribution in [0.1, 0.15) is 20.3 Å². The third kappa shape index (κ3) is 1.22. The summed E-state index contributed by atoms with van der Waals surface area (Å²) in [7, 11) is 0. The molecule has 0 radical (unpaired) electrons. The van der Waals surface area contributed by atoms with E-state index in [1.807, 2.05) is 0 Å². The van der Waals surface area contributed by atoms with E-state index < -0.39 is 0 Å². The van der Waals surface area contributed by atoms with E-state index in [-0.39, 0.29) is 0 Å². The first-order valence-electron chi connectivity index (χ1n) is 3.38. The maximum absolute atomic E-state index is 5.25. The van der Waals surface area contributed by atoms with Crippen molar-refractivity contribution in [1.82, 2.24) is 0 Å². The lowest BCUT2D eigenvalue weighted by molar-refractivity contribution is 0.0303. The first-order chi connectivity index (χ1) is 3.80. The Kier molecular flexibility index (Phi) is 1.90. The van der Waals surface area contributed by atoms with Crippen LogP contribution in [0.15, 0.2) is 0 Å². The van der Waals surface area contributed by atoms with E-state index in [1.54, 1.807) is 0 Å². The van der Waals surface area contributed by atoms with Gasteiger partial charge in [0.25, 0.3) is 0 Å². The van der Waals surface area contributed by atoms with E-state index in [1.165, 1.54) is 6.42 Å². The normalized spacial score (nSPS) is 39.8. The fourth-order valence-electron chi connectivity index (χ4n) is 0.987. The molecule has 1 saturated heterocycles. The average molecular weight is 114 g/mol. The fraction of sp³-hybridized carbons (Fsp3) is 1.00. The topological polar surface area (TPSA) is 9.23 Å². The van der Waals surface area contributed by atoms with Crippen LogP contribution in [-0.2, 0) is 4.74 Å². The summed E-state index contributed by atoms with van der Waals surface area (Å²) >= 11 is 0. The van der Waals surface area contributed by atoms with Crippen LogP contribution in [0.2, 0.25) is 0 Å². The Balaban J connectivity index is 2.28. The molecule has 0 aliphatic carbocycles. The van der Waals surface area contributed by atoms with Crippen LogP contribution >= 0.6 is 0 Å². The van der Waals surface area contributed by atoms with Gasteiger partial charge >= 0.3 is 0 Å². The van der Waals surface area contributed by atoms with E-state index in [2.05, 4.69) is 13.8 Å². The Morgan fingerprint density at radius 1 is 1.25 bits per heavy atom. The number of hydrogen-bond donors (Lipinski definition) is 0. The Morgan fingerprint density at radius 3 is 2.38 bits per heavy atom. The van der Waals surface area contributed by atoms with Crippen molar-refractivity contribution in [3.63, 3.8) is 0 Å². The first-order valence-corrected chi connectivity index (χ1v) is 3.38. The summed E-state index contributed by atoms with van der Waals surface area (Å²) in [6.07, 6.45) is 1.25. The van der Waals surface area contributed by atoms with Gasteiger partial charge in [-0.3, -0.25) is 0 Å². The summed E-state index contributed by atoms with van der Waals surface area (Å²) in [5.41, 5.74) is 0. The van der Waals surface area contributed by atoms with Gasteiger partial charge in [0, 0.05) is 13.2 Å². The molecule has 1 aliphatic heterocycles. The van der Waals surface area contributed by atoms with Gasteiger partial charge in [0.1, 0.15) is 0 Å². The van der Waals surface area contributed by atoms with Gasteiger partial charge < -0.3 is 4.74 Å². The molecule has 48 valence electrons. The molecular weight excluding hydrogens is 100 g/mol. The van der Waals surface area contributed by atoms with Crippen LogP contribution in [0, 0.1) is 11.8 Å². The van der Waals surface area contributed by atoms with Gasteiger partial charge in [0.2, 0.25) is 0 Å². The largest absolute Gasteiger partial charge is 0.381 e. The van der Waals surface area contributed by atoms with Gasteiger partial charge in [-0.05, 0) is 18.3 Å². The van der Waals surface area contributed by atoms with E-state index in [0.29, 0.717) is 0 Å². The standard InChI is InChI=1S/C7H14O/c1-6-3-4-8-5-7(6)2/h6-7H,3-5H2,1-2H3/t6-,7+/m1/s1. The second-order valence-electron chi connectivity index (χ2n) is 2.82. The minimum absolute atomic E-state index is 0.781. The van der Waals surface area contributed by atoms with E-state index in [4.69, 9.17) is 4.74 Å². The highest BCUT2D eigenvalue weighted by Gasteiger charge is 2.16. The van der Waals surface area contributed by atoms with Crippen molar-refractivity contribution in [2.45, 2.75) is 20.3 Å². The molecule has 8 heavy (non-hydrogen) atoms. The van der Waals surface area contributed by atoms with Gasteiger partial charge in [-0.2, -0.15) is 0 Å². The summed E-state index contributed by atoms with van der Waals surface area (Å²) < 4.78 is 5.25. The minimum Gasteiger partial charge on any atom is -0.381 e. The van der Waals surface area contributed by atoms with Crippen molar-refractivity contribution in [3.05, 3.63) is 0 Å². The monoisotopic (exact) mass is 114 g/mol. The zero-order valence-corrected chi connectivity index (χ0v) is 5.68. The Labute approximate surface area is 51.0 Å². The zero-order chi connectivity index (χ0) is 5.98. The molecule has 1 heterocycles. The molecule has 0 spiro atoms. The smallest absolute Gasteiger partial charge is 0.0494 e. The average Bonchev–Trinajstić information content (AvgIpc) is 1.77. The van der Waals surface area contributed by atoms with E-state index >= 15 is 0 Å². The molecule has 0 aromatic heterocycles. The highest BCUT2D eigenvalue weighted by atomic mass is 16.5. The predicted octanol–water partition coefficient (Wildman–Crippen LogP) is 1.68. The Morgan fingerprint density at radius 2 is 2.00 bits per heavy atom. The van der Waals surface area contributed by atoms with Gasteiger partial charge in [-0.1, -0.05) is 13.8 Å². The summed E-state index contributed by atoms with van der Waals surface area (Å²) in [5.74, 6) is 1.66. The van der Waals surface area contributed by atoms with Crippen molar-refractivity contribution < 1.29 is 4.74 Å². The molecule has 1 fully saturated rings. The molecule has 0 bridgehead atoms. The number of rotatable bonds is 0. The molecule has 0 N–H and O–H groups in total. The molecule has 1 nitrogen and oxygen atoms in total. The second-order valence-corrected chi connectivity index (χ2v) is 2.82. The lowest BCUT2D eigenvalue weighted by Crippen LogP contribution is -2.22. The molecule has 0 aromatic rings. The summed E-state index contributed by atoms with van der Waals surface area (Å²) in [5, 5.41) is 0. The maximum Gasteiger partial charge on any atom is 0.0494 e. The zero-order valence-electron chi connectivity index (χ0n) is 5.68. The first kappa shape index (κ1) is 6.09. The molecule has 0 aromatic carbocycles. The van der Waals surface area contributed by atoms with Crippen LogP contribution in [-0.4, -0.2) is 13.2 Å². The highest BCUT2D eigenvalue weighted by molar-refractivity contribution is 4.64. The van der Waals surface area contributed by atoms with Crippen LogP contribution in [0.25, 0.3) is 0 Å². The third-order valence-corrected chi connectivity index (χ3v) is 2.07. The van der Waals surface area contributed by atoms with Crippen LogP contribution < -0.4 is 0 Å². The Bertz CT molecular complexity index is 60.8. The summed E-state index contributed by atoms with van der Waals surface area (Å²) in [6, 6.07) is 0. The fourth-order valence-corrected chi connectivity index (χ4v) is 0.987. The number of ether oxygens (including phenoxy) is 1. The summed E-state index contributed by atoms with van der Waals surface area (Å²) in [6.45, 7) is 6.50. The van der Waals surface area contributed by atoms with Crippen molar-refractivity contribution in [3.8, 4) is 0 Å². The maximum atomic E-state index is 5.25. The Hall–Kier alpha value is -0.0400. The SMILES string of the molecule is C[C@@H]1CCOC[C@@H]1C. The second kappa shape index (κ2) is 2.49. The molecule has 0 amide bonds. The van der Waals surface area contributed by atoms with Gasteiger partial charge in [0.05, 0.1) is 0 Å². The quantitative estimate of drug-likeness (QED) is 0.465. The molecule has 0 saturated carbocycles. The van der Waals surface area contributed by atoms with Crippen molar-refractivity contribution in [1.29, 1.82) is 0 Å². The van der Waals surface area contributed by atoms with E-state index in [9.17, 15) is 0 Å². The molecule has 1 heteroatoms. The highest BCUT2D eigenvalue weighted by Crippen LogP contribution is 2.19. The molecule has 0 unspecified atom stereocenters. The van der Waals surface area contributed by atoms with Gasteiger partial charge in [-0.15, -0.1) is 0 Å². The molecule has 1 aliphatic rings. The lowest BCUT2D eigenvalue weighted by atomic mass is 9.92. The van der Waals surface area contributed by atoms with Crippen molar-refractivity contribution in [2.75, 3.05) is 13.2 Å². The van der Waals surface area contributed by atoms with Crippen LogP contribution in [0.4, 0.5) is 0 Å². The number of hydrogen-bond acceptors (Lipinski definition) is 1. The van der Waals surface area contributed by atoms with Crippen molar-refractivity contribution >= 4 is 0 Å². The third-order valence-electron chi connectivity index (χ3n) is 2.07. The van der Waals surface area contributed by atoms with Crippen molar-refractivity contribution in [2.24, 2.45) is 11.8 Å². The molecule has 2 atom stereocenters. The minimum atomic E-state index is 0.781. The van der Waals surface area contributed by atoms with Gasteiger partial charge in [-0.25, -0.2) is 0 Å². The summed E-state index contributed by atoms with van der Waals surface area (Å²) in [4.78, 5) is 0. The lowest BCUT2D eigenvalue weighted by Gasteiger charge is -2.24. The van der Waals surface area contributed by atoms with Crippen LogP contribution in [0.3, 0.4) is 0 Å². The molecule has 1 rings (SSSR count). The van der Waals surface area contributed by atoms with Crippen LogP contribution in [0.5, 0.6) is 0 Å². The predicted molar refractivity (Wildman–Crippen MR) is 33.8 cm³/mol.